The van der Waals surface area contributed by atoms with Crippen LogP contribution in [0, 0.1) is 10.1 Å². The highest BCUT2D eigenvalue weighted by Crippen LogP contribution is 2.28. The van der Waals surface area contributed by atoms with Crippen molar-refractivity contribution in [2.45, 2.75) is 12.8 Å². The molecule has 10 heteroatoms. The highest BCUT2D eigenvalue weighted by Gasteiger charge is 2.13. The third kappa shape index (κ3) is 5.17. The number of aromatic nitrogens is 1. The van der Waals surface area contributed by atoms with Crippen LogP contribution in [0.1, 0.15) is 22.7 Å². The van der Waals surface area contributed by atoms with E-state index in [9.17, 15) is 19.7 Å². The van der Waals surface area contributed by atoms with Gasteiger partial charge in [-0.15, -0.1) is 0 Å². The minimum absolute atomic E-state index is 0.0308. The molecule has 0 fully saturated rings. The molecule has 29 heavy (non-hydrogen) atoms. The first-order valence-electron chi connectivity index (χ1n) is 8.47. The maximum Gasteiger partial charge on any atom is 0.269 e. The molecular weight excluding hydrogens is 400 g/mol. The van der Waals surface area contributed by atoms with E-state index in [2.05, 4.69) is 15.8 Å². The van der Waals surface area contributed by atoms with E-state index in [1.165, 1.54) is 30.5 Å². The van der Waals surface area contributed by atoms with Gasteiger partial charge < -0.3 is 4.42 Å². The first-order valence-corrected chi connectivity index (χ1v) is 8.85. The number of aryl methyl sites for hydroxylation is 1. The summed E-state index contributed by atoms with van der Waals surface area (Å²) in [7, 11) is 0. The molecule has 0 saturated carbocycles. The largest absolute Gasteiger partial charge is 0.441 e. The summed E-state index contributed by atoms with van der Waals surface area (Å²) in [6, 6.07) is 12.2. The Balaban J connectivity index is 1.48. The Hall–Kier alpha value is -3.72. The van der Waals surface area contributed by atoms with Gasteiger partial charge >= 0.3 is 0 Å². The Morgan fingerprint density at radius 3 is 2.52 bits per heavy atom. The normalized spacial score (nSPS) is 10.4. The van der Waals surface area contributed by atoms with Crippen molar-refractivity contribution in [1.82, 2.24) is 15.8 Å². The number of hydrogen-bond acceptors (Lipinski definition) is 6. The first-order chi connectivity index (χ1) is 13.9. The topological polar surface area (TPSA) is 127 Å². The lowest BCUT2D eigenvalue weighted by atomic mass is 10.2. The Morgan fingerprint density at radius 2 is 1.83 bits per heavy atom. The van der Waals surface area contributed by atoms with Crippen LogP contribution in [0.25, 0.3) is 11.3 Å². The fourth-order valence-electron chi connectivity index (χ4n) is 2.43. The predicted molar refractivity (Wildman–Crippen MR) is 104 cm³/mol. The van der Waals surface area contributed by atoms with Crippen LogP contribution in [0.4, 0.5) is 5.69 Å². The smallest absolute Gasteiger partial charge is 0.269 e. The Morgan fingerprint density at radius 1 is 1.10 bits per heavy atom. The summed E-state index contributed by atoms with van der Waals surface area (Å²) in [6.07, 6.45) is 1.79. The third-order valence-electron chi connectivity index (χ3n) is 3.91. The zero-order valence-corrected chi connectivity index (χ0v) is 15.7. The van der Waals surface area contributed by atoms with Gasteiger partial charge in [0.25, 0.3) is 11.6 Å². The second kappa shape index (κ2) is 8.98. The van der Waals surface area contributed by atoms with E-state index in [0.29, 0.717) is 22.2 Å². The number of oxazole rings is 1. The molecular formula is C19H15ClN4O5. The van der Waals surface area contributed by atoms with Crippen molar-refractivity contribution in [1.29, 1.82) is 0 Å². The van der Waals surface area contributed by atoms with Crippen LogP contribution in [-0.4, -0.2) is 21.7 Å². The zero-order valence-electron chi connectivity index (χ0n) is 14.9. The number of carbonyl (C=O) groups is 2. The molecule has 1 heterocycles. The molecule has 148 valence electrons. The first kappa shape index (κ1) is 20.0. The molecule has 0 aliphatic carbocycles. The number of nitrogens with zero attached hydrogens (tertiary/aromatic N) is 2. The standard InChI is InChI=1S/C19H15ClN4O5/c20-15-4-2-1-3-14(15)16-11-21-18(29-16)10-9-17(25)22-23-19(26)12-5-7-13(8-6-12)24(27)28/h1-8,11H,9-10H2,(H,22,25)(H,23,26). The predicted octanol–water partition coefficient (Wildman–Crippen LogP) is 3.30. The van der Waals surface area contributed by atoms with Gasteiger partial charge in [0.05, 0.1) is 16.1 Å². The van der Waals surface area contributed by atoms with Gasteiger partial charge in [-0.1, -0.05) is 23.7 Å². The van der Waals surface area contributed by atoms with E-state index in [-0.39, 0.29) is 24.1 Å². The fraction of sp³-hybridized carbons (Fsp3) is 0.105. The van der Waals surface area contributed by atoms with Crippen molar-refractivity contribution < 1.29 is 18.9 Å². The minimum Gasteiger partial charge on any atom is -0.441 e. The van der Waals surface area contributed by atoms with Crippen LogP contribution in [0.5, 0.6) is 0 Å². The third-order valence-corrected chi connectivity index (χ3v) is 4.24. The minimum atomic E-state index is -0.592. The van der Waals surface area contributed by atoms with E-state index in [0.717, 1.165) is 0 Å². The van der Waals surface area contributed by atoms with E-state index in [4.69, 9.17) is 16.0 Å². The maximum absolute atomic E-state index is 12.0. The van der Waals surface area contributed by atoms with E-state index >= 15 is 0 Å². The summed E-state index contributed by atoms with van der Waals surface area (Å²) in [6.45, 7) is 0. The lowest BCUT2D eigenvalue weighted by Gasteiger charge is -2.06. The number of halogens is 1. The van der Waals surface area contributed by atoms with Crippen LogP contribution in [0.15, 0.2) is 59.1 Å². The van der Waals surface area contributed by atoms with Gasteiger partial charge in [-0.3, -0.25) is 30.6 Å². The van der Waals surface area contributed by atoms with Crippen molar-refractivity contribution in [2.24, 2.45) is 0 Å². The van der Waals surface area contributed by atoms with Crippen molar-refractivity contribution in [3.05, 3.63) is 81.3 Å². The molecule has 0 bridgehead atoms. The Labute approximate surface area is 169 Å². The van der Waals surface area contributed by atoms with Gasteiger partial charge in [-0.2, -0.15) is 0 Å². The van der Waals surface area contributed by atoms with E-state index in [1.54, 1.807) is 18.2 Å². The van der Waals surface area contributed by atoms with Crippen molar-refractivity contribution >= 4 is 29.1 Å². The van der Waals surface area contributed by atoms with Crippen molar-refractivity contribution in [3.8, 4) is 11.3 Å². The van der Waals surface area contributed by atoms with Crippen LogP contribution in [-0.2, 0) is 11.2 Å². The Kier molecular flexibility index (Phi) is 6.20. The number of carbonyl (C=O) groups excluding carboxylic acids is 2. The summed E-state index contributed by atoms with van der Waals surface area (Å²) in [5.41, 5.74) is 5.26. The highest BCUT2D eigenvalue weighted by atomic mass is 35.5. The number of hydrogen-bond donors (Lipinski definition) is 2. The second-order valence-electron chi connectivity index (χ2n) is 5.90. The monoisotopic (exact) mass is 414 g/mol. The van der Waals surface area contributed by atoms with Gasteiger partial charge in [-0.05, 0) is 24.3 Å². The summed E-state index contributed by atoms with van der Waals surface area (Å²) in [5, 5.41) is 11.1. The number of nitro benzene ring substituents is 1. The quantitative estimate of drug-likeness (QED) is 0.470. The number of nitro groups is 1. The SMILES string of the molecule is O=C(CCc1ncc(-c2ccccc2Cl)o1)NNC(=O)c1ccc([N+](=O)[O-])cc1. The van der Waals surface area contributed by atoms with Gasteiger partial charge in [0.15, 0.2) is 11.7 Å². The summed E-state index contributed by atoms with van der Waals surface area (Å²) < 4.78 is 5.61. The number of benzene rings is 2. The van der Waals surface area contributed by atoms with Crippen molar-refractivity contribution in [3.63, 3.8) is 0 Å². The average molecular weight is 415 g/mol. The summed E-state index contributed by atoms with van der Waals surface area (Å²) in [5.74, 6) is -0.183. The summed E-state index contributed by atoms with van der Waals surface area (Å²) >= 11 is 6.12. The molecule has 2 aromatic carbocycles. The van der Waals surface area contributed by atoms with Gasteiger partial charge in [0.2, 0.25) is 5.91 Å². The molecule has 0 radical (unpaired) electrons. The molecule has 0 atom stereocenters. The maximum atomic E-state index is 12.0. The highest BCUT2D eigenvalue weighted by molar-refractivity contribution is 6.33. The number of hydrazine groups is 1. The molecule has 3 aromatic rings. The summed E-state index contributed by atoms with van der Waals surface area (Å²) in [4.78, 5) is 38.0. The lowest BCUT2D eigenvalue weighted by Crippen LogP contribution is -2.41. The average Bonchev–Trinajstić information content (AvgIpc) is 3.19. The molecule has 9 nitrogen and oxygen atoms in total. The fourth-order valence-corrected chi connectivity index (χ4v) is 2.66. The molecule has 0 unspecified atom stereocenters. The van der Waals surface area contributed by atoms with Gasteiger partial charge in [0.1, 0.15) is 0 Å². The van der Waals surface area contributed by atoms with Crippen LogP contribution in [0.3, 0.4) is 0 Å². The number of rotatable bonds is 6. The van der Waals surface area contributed by atoms with E-state index < -0.39 is 16.7 Å². The molecule has 2 N–H and O–H groups in total. The molecule has 3 rings (SSSR count). The van der Waals surface area contributed by atoms with Gasteiger partial charge in [-0.25, -0.2) is 4.98 Å². The van der Waals surface area contributed by atoms with Crippen LogP contribution >= 0.6 is 11.6 Å². The molecule has 1 aromatic heterocycles. The molecule has 0 aliphatic rings. The van der Waals surface area contributed by atoms with Crippen LogP contribution < -0.4 is 10.9 Å². The van der Waals surface area contributed by atoms with Crippen LogP contribution in [0.2, 0.25) is 5.02 Å². The molecule has 0 spiro atoms. The van der Waals surface area contributed by atoms with E-state index in [1.807, 2.05) is 6.07 Å². The lowest BCUT2D eigenvalue weighted by molar-refractivity contribution is -0.384. The molecule has 0 saturated heterocycles. The number of nitrogens with one attached hydrogen (secondary N) is 2. The molecule has 2 amide bonds. The number of amides is 2. The molecule has 0 aliphatic heterocycles. The van der Waals surface area contributed by atoms with Gasteiger partial charge in [0, 0.05) is 36.1 Å². The zero-order chi connectivity index (χ0) is 20.8. The second-order valence-corrected chi connectivity index (χ2v) is 6.31. The number of non-ortho nitro benzene ring substituents is 1. The Bertz CT molecular complexity index is 1050. The van der Waals surface area contributed by atoms with Crippen molar-refractivity contribution in [2.75, 3.05) is 0 Å².